The summed E-state index contributed by atoms with van der Waals surface area (Å²) < 4.78 is 28.4. The van der Waals surface area contributed by atoms with E-state index in [-0.39, 0.29) is 11.7 Å². The summed E-state index contributed by atoms with van der Waals surface area (Å²) in [5.74, 6) is 0.192. The molecule has 1 unspecified atom stereocenters. The van der Waals surface area contributed by atoms with Gasteiger partial charge in [0.1, 0.15) is 0 Å². The van der Waals surface area contributed by atoms with Crippen LogP contribution in [0.4, 0.5) is 5.69 Å². The number of alkyl halides is 1. The summed E-state index contributed by atoms with van der Waals surface area (Å²) in [5.41, 5.74) is 1.18. The molecule has 5 nitrogen and oxygen atoms in total. The molecule has 1 heterocycles. The average molecular weight is 314 g/mol. The lowest BCUT2D eigenvalue weighted by Gasteiger charge is -2.14. The van der Waals surface area contributed by atoms with Gasteiger partial charge in [-0.25, -0.2) is 13.1 Å². The van der Waals surface area contributed by atoms with E-state index in [9.17, 15) is 8.42 Å². The SMILES string of the molecule is CC(CCl)CS(=O)(=O)Nc1ccccc1-n1cccn1. The molecule has 0 aliphatic rings. The molecule has 1 atom stereocenters. The van der Waals surface area contributed by atoms with Crippen molar-refractivity contribution in [2.24, 2.45) is 5.92 Å². The van der Waals surface area contributed by atoms with Crippen molar-refractivity contribution in [2.75, 3.05) is 16.4 Å². The fourth-order valence-electron chi connectivity index (χ4n) is 1.80. The molecule has 0 saturated carbocycles. The van der Waals surface area contributed by atoms with Gasteiger partial charge in [0.15, 0.2) is 0 Å². The molecule has 0 saturated heterocycles. The van der Waals surface area contributed by atoms with Crippen LogP contribution in [0, 0.1) is 5.92 Å². The Morgan fingerprint density at radius 1 is 1.35 bits per heavy atom. The summed E-state index contributed by atoms with van der Waals surface area (Å²) in [5, 5.41) is 4.11. The molecule has 0 spiro atoms. The van der Waals surface area contributed by atoms with Crippen molar-refractivity contribution in [1.82, 2.24) is 9.78 Å². The van der Waals surface area contributed by atoms with Gasteiger partial charge in [-0.1, -0.05) is 19.1 Å². The van der Waals surface area contributed by atoms with Crippen LogP contribution in [-0.4, -0.2) is 29.8 Å². The van der Waals surface area contributed by atoms with Gasteiger partial charge in [0, 0.05) is 18.3 Å². The number of sulfonamides is 1. The smallest absolute Gasteiger partial charge is 0.233 e. The molecule has 2 rings (SSSR count). The van der Waals surface area contributed by atoms with E-state index >= 15 is 0 Å². The minimum absolute atomic E-state index is 0.00998. The van der Waals surface area contributed by atoms with Crippen LogP contribution in [0.25, 0.3) is 5.69 Å². The summed E-state index contributed by atoms with van der Waals surface area (Å²) in [6.07, 6.45) is 3.40. The summed E-state index contributed by atoms with van der Waals surface area (Å²) in [6.45, 7) is 1.80. The predicted octanol–water partition coefficient (Wildman–Crippen LogP) is 2.49. The van der Waals surface area contributed by atoms with Gasteiger partial charge in [-0.2, -0.15) is 5.10 Å². The highest BCUT2D eigenvalue weighted by molar-refractivity contribution is 7.92. The second-order valence-electron chi connectivity index (χ2n) is 4.61. The monoisotopic (exact) mass is 313 g/mol. The molecule has 1 aromatic carbocycles. The van der Waals surface area contributed by atoms with Gasteiger partial charge in [0.2, 0.25) is 10.0 Å². The molecule has 1 N–H and O–H groups in total. The largest absolute Gasteiger partial charge is 0.281 e. The zero-order valence-electron chi connectivity index (χ0n) is 11.0. The number of anilines is 1. The fourth-order valence-corrected chi connectivity index (χ4v) is 3.50. The first-order chi connectivity index (χ1) is 9.52. The molecule has 2 aromatic rings. The molecular weight excluding hydrogens is 298 g/mol. The number of nitrogens with zero attached hydrogens (tertiary/aromatic N) is 2. The van der Waals surface area contributed by atoms with Crippen molar-refractivity contribution < 1.29 is 8.42 Å². The highest BCUT2D eigenvalue weighted by Crippen LogP contribution is 2.21. The van der Waals surface area contributed by atoms with E-state index < -0.39 is 10.0 Å². The number of nitrogens with one attached hydrogen (secondary N) is 1. The lowest BCUT2D eigenvalue weighted by molar-refractivity contribution is 0.588. The molecule has 0 aliphatic heterocycles. The molecular formula is C13H16ClN3O2S. The van der Waals surface area contributed by atoms with Gasteiger partial charge < -0.3 is 0 Å². The number of para-hydroxylation sites is 2. The summed E-state index contributed by atoms with van der Waals surface area (Å²) >= 11 is 5.67. The van der Waals surface area contributed by atoms with E-state index in [0.717, 1.165) is 0 Å². The highest BCUT2D eigenvalue weighted by Gasteiger charge is 2.17. The number of hydrogen-bond donors (Lipinski definition) is 1. The standard InChI is InChI=1S/C13H16ClN3O2S/c1-11(9-14)10-20(18,19)16-12-5-2-3-6-13(12)17-8-4-7-15-17/h2-8,11,16H,9-10H2,1H3. The van der Waals surface area contributed by atoms with E-state index in [0.29, 0.717) is 17.3 Å². The summed E-state index contributed by atoms with van der Waals surface area (Å²) in [6, 6.07) is 8.89. The van der Waals surface area contributed by atoms with Crippen LogP contribution < -0.4 is 4.72 Å². The van der Waals surface area contributed by atoms with Gasteiger partial charge >= 0.3 is 0 Å². The highest BCUT2D eigenvalue weighted by atomic mass is 35.5. The van der Waals surface area contributed by atoms with Crippen LogP contribution in [0.5, 0.6) is 0 Å². The maximum absolute atomic E-state index is 12.1. The maximum atomic E-state index is 12.1. The second kappa shape index (κ2) is 6.28. The molecule has 0 radical (unpaired) electrons. The van der Waals surface area contributed by atoms with E-state index in [4.69, 9.17) is 11.6 Å². The molecule has 0 fully saturated rings. The first-order valence-corrected chi connectivity index (χ1v) is 8.36. The minimum Gasteiger partial charge on any atom is -0.281 e. The summed E-state index contributed by atoms with van der Waals surface area (Å²) in [7, 11) is -3.44. The average Bonchev–Trinajstić information content (AvgIpc) is 2.92. The third-order valence-corrected chi connectivity index (χ3v) is 4.75. The first kappa shape index (κ1) is 14.9. The topological polar surface area (TPSA) is 64.0 Å². The Kier molecular flexibility index (Phi) is 4.67. The van der Waals surface area contributed by atoms with Crippen LogP contribution in [0.2, 0.25) is 0 Å². The third-order valence-electron chi connectivity index (χ3n) is 2.69. The lowest BCUT2D eigenvalue weighted by Crippen LogP contribution is -2.22. The molecule has 20 heavy (non-hydrogen) atoms. The number of halogens is 1. The molecule has 0 bridgehead atoms. The number of aromatic nitrogens is 2. The Morgan fingerprint density at radius 3 is 2.75 bits per heavy atom. The van der Waals surface area contributed by atoms with Gasteiger partial charge in [-0.3, -0.25) is 4.72 Å². The number of hydrogen-bond acceptors (Lipinski definition) is 3. The van der Waals surface area contributed by atoms with Crippen molar-refractivity contribution in [3.63, 3.8) is 0 Å². The minimum atomic E-state index is -3.44. The first-order valence-electron chi connectivity index (χ1n) is 6.17. The third kappa shape index (κ3) is 3.74. The van der Waals surface area contributed by atoms with E-state index in [2.05, 4.69) is 9.82 Å². The van der Waals surface area contributed by atoms with Crippen molar-refractivity contribution in [2.45, 2.75) is 6.92 Å². The zero-order valence-corrected chi connectivity index (χ0v) is 12.6. The molecule has 0 aliphatic carbocycles. The van der Waals surface area contributed by atoms with Crippen molar-refractivity contribution in [1.29, 1.82) is 0 Å². The second-order valence-corrected chi connectivity index (χ2v) is 6.69. The van der Waals surface area contributed by atoms with E-state index in [1.54, 1.807) is 48.3 Å². The molecule has 108 valence electrons. The Balaban J connectivity index is 2.26. The molecule has 0 amide bonds. The zero-order chi connectivity index (χ0) is 14.6. The van der Waals surface area contributed by atoms with Crippen molar-refractivity contribution in [3.8, 4) is 5.69 Å². The number of benzene rings is 1. The van der Waals surface area contributed by atoms with Crippen LogP contribution >= 0.6 is 11.6 Å². The van der Waals surface area contributed by atoms with Gasteiger partial charge in [0.05, 0.1) is 17.1 Å². The molecule has 1 aromatic heterocycles. The van der Waals surface area contributed by atoms with Crippen LogP contribution in [-0.2, 0) is 10.0 Å². The van der Waals surface area contributed by atoms with E-state index in [1.165, 1.54) is 0 Å². The molecule has 7 heteroatoms. The van der Waals surface area contributed by atoms with Crippen LogP contribution in [0.3, 0.4) is 0 Å². The Labute approximate surface area is 123 Å². The lowest BCUT2D eigenvalue weighted by atomic mass is 10.3. The number of rotatable bonds is 6. The van der Waals surface area contributed by atoms with Crippen LogP contribution in [0.15, 0.2) is 42.7 Å². The summed E-state index contributed by atoms with van der Waals surface area (Å²) in [4.78, 5) is 0. The predicted molar refractivity (Wildman–Crippen MR) is 80.9 cm³/mol. The maximum Gasteiger partial charge on any atom is 0.233 e. The van der Waals surface area contributed by atoms with Gasteiger partial charge in [-0.05, 0) is 24.1 Å². The van der Waals surface area contributed by atoms with Crippen LogP contribution in [0.1, 0.15) is 6.92 Å². The van der Waals surface area contributed by atoms with Gasteiger partial charge in [0.25, 0.3) is 0 Å². The van der Waals surface area contributed by atoms with Gasteiger partial charge in [-0.15, -0.1) is 11.6 Å². The quantitative estimate of drug-likeness (QED) is 0.833. The normalized spacial score (nSPS) is 13.1. The van der Waals surface area contributed by atoms with Crippen molar-refractivity contribution >= 4 is 27.3 Å². The fraction of sp³-hybridized carbons (Fsp3) is 0.308. The van der Waals surface area contributed by atoms with Crippen molar-refractivity contribution in [3.05, 3.63) is 42.7 Å². The Morgan fingerprint density at radius 2 is 2.10 bits per heavy atom. The Hall–Kier alpha value is -1.53. The van der Waals surface area contributed by atoms with E-state index in [1.807, 2.05) is 6.07 Å². The Bertz CT molecular complexity index is 656.